The fourth-order valence-corrected chi connectivity index (χ4v) is 3.70. The van der Waals surface area contributed by atoms with Crippen molar-refractivity contribution in [1.29, 1.82) is 0 Å². The molecule has 37 heavy (non-hydrogen) atoms. The smallest absolute Gasteiger partial charge is 0.550 e. The van der Waals surface area contributed by atoms with E-state index in [4.69, 9.17) is 11.6 Å². The number of nitrogens with zero attached hydrogens (tertiary/aromatic N) is 1. The molecule has 2 amide bonds. The van der Waals surface area contributed by atoms with E-state index >= 15 is 0 Å². The minimum Gasteiger partial charge on any atom is -0.550 e. The van der Waals surface area contributed by atoms with E-state index in [1.54, 1.807) is 30.5 Å². The van der Waals surface area contributed by atoms with Gasteiger partial charge in [-0.2, -0.15) is 0 Å². The van der Waals surface area contributed by atoms with Gasteiger partial charge in [-0.05, 0) is 53.8 Å². The van der Waals surface area contributed by atoms with Gasteiger partial charge < -0.3 is 25.9 Å². The number of carboxylic acid groups (broad SMARTS) is 1. The monoisotopic (exact) mass is 530 g/mol. The fourth-order valence-electron chi connectivity index (χ4n) is 3.58. The molecular formula is C27H28ClN4NaO4. The molecule has 1 unspecified atom stereocenters. The van der Waals surface area contributed by atoms with Crippen LogP contribution in [0.1, 0.15) is 37.3 Å². The molecule has 0 saturated carbocycles. The zero-order valence-corrected chi connectivity index (χ0v) is 23.5. The van der Waals surface area contributed by atoms with Crippen LogP contribution in [0, 0.1) is 0 Å². The maximum absolute atomic E-state index is 12.4. The summed E-state index contributed by atoms with van der Waals surface area (Å²) in [6, 6.07) is 19.4. The van der Waals surface area contributed by atoms with Crippen molar-refractivity contribution in [3.05, 3.63) is 83.5 Å². The van der Waals surface area contributed by atoms with Crippen molar-refractivity contribution >= 4 is 35.2 Å². The number of carboxylic acids is 1. The molecule has 0 bridgehead atoms. The van der Waals surface area contributed by atoms with E-state index in [1.165, 1.54) is 0 Å². The second-order valence-corrected chi connectivity index (χ2v) is 8.64. The van der Waals surface area contributed by atoms with E-state index in [9.17, 15) is 19.5 Å². The third kappa shape index (κ3) is 10.9. The van der Waals surface area contributed by atoms with Gasteiger partial charge in [-0.25, -0.2) is 4.98 Å². The third-order valence-corrected chi connectivity index (χ3v) is 5.70. The number of nitrogens with one attached hydrogen (secondary N) is 3. The van der Waals surface area contributed by atoms with Gasteiger partial charge in [0.1, 0.15) is 5.82 Å². The van der Waals surface area contributed by atoms with Crippen LogP contribution in [0.15, 0.2) is 72.9 Å². The standard InChI is InChI=1S/C27H29ClN4O4.Na/c28-22-13-11-20(12-14-22)19-7-9-21(10-8-19)23(17-27(35)36)32-26(34)18-31-25(33)6-2-4-16-30-24-5-1-3-15-29-24;/h1,3,5,7-15,23H,2,4,6,16-18H2,(H,29,30)(H,31,33)(H,32,34)(H,35,36);/q;+1/p-1. The van der Waals surface area contributed by atoms with E-state index in [1.807, 2.05) is 42.5 Å². The molecule has 0 saturated heterocycles. The Balaban J connectivity index is 0.00000481. The summed E-state index contributed by atoms with van der Waals surface area (Å²) in [5.41, 5.74) is 2.51. The number of pyridine rings is 1. The Hall–Kier alpha value is -2.91. The first-order valence-corrected chi connectivity index (χ1v) is 12.1. The predicted octanol–water partition coefficient (Wildman–Crippen LogP) is 0.102. The zero-order valence-electron chi connectivity index (χ0n) is 20.7. The number of aromatic nitrogens is 1. The van der Waals surface area contributed by atoms with Crippen LogP contribution in [0.2, 0.25) is 5.02 Å². The van der Waals surface area contributed by atoms with Gasteiger partial charge in [-0.15, -0.1) is 0 Å². The summed E-state index contributed by atoms with van der Waals surface area (Å²) in [4.78, 5) is 39.9. The molecule has 3 aromatic rings. The largest absolute Gasteiger partial charge is 1.00 e. The van der Waals surface area contributed by atoms with Gasteiger partial charge in [0, 0.05) is 36.6 Å². The summed E-state index contributed by atoms with van der Waals surface area (Å²) in [6.45, 7) is 0.448. The summed E-state index contributed by atoms with van der Waals surface area (Å²) < 4.78 is 0. The molecule has 10 heteroatoms. The molecule has 3 rings (SSSR count). The summed E-state index contributed by atoms with van der Waals surface area (Å²) in [5.74, 6) is -1.23. The summed E-state index contributed by atoms with van der Waals surface area (Å²) in [6.07, 6.45) is 3.03. The molecule has 1 atom stereocenters. The quantitative estimate of drug-likeness (QED) is 0.213. The number of carbonyl (C=O) groups excluding carboxylic acids is 3. The van der Waals surface area contributed by atoms with Gasteiger partial charge in [0.2, 0.25) is 11.8 Å². The van der Waals surface area contributed by atoms with Crippen molar-refractivity contribution < 1.29 is 49.0 Å². The maximum atomic E-state index is 12.4. The molecule has 0 aliphatic carbocycles. The van der Waals surface area contributed by atoms with Gasteiger partial charge in [0.05, 0.1) is 12.6 Å². The second-order valence-electron chi connectivity index (χ2n) is 8.20. The minimum absolute atomic E-state index is 0. The second kappa shape index (κ2) is 16.0. The molecule has 0 spiro atoms. The van der Waals surface area contributed by atoms with Gasteiger partial charge in [0.15, 0.2) is 0 Å². The van der Waals surface area contributed by atoms with Crippen molar-refractivity contribution in [2.75, 3.05) is 18.4 Å². The number of amides is 2. The maximum Gasteiger partial charge on any atom is 1.00 e. The van der Waals surface area contributed by atoms with E-state index in [0.717, 1.165) is 23.4 Å². The van der Waals surface area contributed by atoms with Crippen LogP contribution in [0.4, 0.5) is 5.82 Å². The molecular weight excluding hydrogens is 503 g/mol. The average Bonchev–Trinajstić information content (AvgIpc) is 2.88. The molecule has 2 aromatic carbocycles. The Bertz CT molecular complexity index is 1150. The summed E-state index contributed by atoms with van der Waals surface area (Å²) in [7, 11) is 0. The number of hydrogen-bond donors (Lipinski definition) is 3. The van der Waals surface area contributed by atoms with E-state index in [2.05, 4.69) is 20.9 Å². The van der Waals surface area contributed by atoms with Crippen LogP contribution < -0.4 is 50.6 Å². The number of benzene rings is 2. The van der Waals surface area contributed by atoms with Gasteiger partial charge >= 0.3 is 29.6 Å². The van der Waals surface area contributed by atoms with Crippen LogP contribution in [0.5, 0.6) is 0 Å². The molecule has 8 nitrogen and oxygen atoms in total. The number of halogens is 1. The molecule has 0 fully saturated rings. The van der Waals surface area contributed by atoms with Crippen LogP contribution in [-0.4, -0.2) is 35.9 Å². The van der Waals surface area contributed by atoms with Crippen LogP contribution in [-0.2, 0) is 14.4 Å². The molecule has 1 heterocycles. The van der Waals surface area contributed by atoms with Gasteiger partial charge in [-0.1, -0.05) is 54.1 Å². The number of rotatable bonds is 13. The Kier molecular flexibility index (Phi) is 13.1. The molecule has 3 N–H and O–H groups in total. The first kappa shape index (κ1) is 30.3. The van der Waals surface area contributed by atoms with Crippen molar-refractivity contribution in [2.45, 2.75) is 31.7 Å². The first-order valence-electron chi connectivity index (χ1n) is 11.7. The number of anilines is 1. The van der Waals surface area contributed by atoms with E-state index in [-0.39, 0.29) is 54.9 Å². The van der Waals surface area contributed by atoms with Crippen molar-refractivity contribution in [1.82, 2.24) is 15.6 Å². The number of unbranched alkanes of at least 4 members (excludes halogenated alkanes) is 1. The number of carbonyl (C=O) groups is 3. The van der Waals surface area contributed by atoms with Crippen molar-refractivity contribution in [2.24, 2.45) is 0 Å². The Morgan fingerprint density at radius 2 is 1.57 bits per heavy atom. The molecule has 0 aliphatic heterocycles. The third-order valence-electron chi connectivity index (χ3n) is 5.44. The topological polar surface area (TPSA) is 123 Å². The molecule has 0 radical (unpaired) electrons. The Labute approximate surface area is 243 Å². The molecule has 1 aromatic heterocycles. The Morgan fingerprint density at radius 1 is 0.892 bits per heavy atom. The van der Waals surface area contributed by atoms with Crippen LogP contribution in [0.25, 0.3) is 11.1 Å². The fraction of sp³-hybridized carbons (Fsp3) is 0.259. The van der Waals surface area contributed by atoms with Gasteiger partial charge in [-0.3, -0.25) is 9.59 Å². The molecule has 0 aliphatic rings. The minimum atomic E-state index is -1.29. The van der Waals surface area contributed by atoms with Crippen molar-refractivity contribution in [3.63, 3.8) is 0 Å². The number of aliphatic carboxylic acids is 1. The average molecular weight is 531 g/mol. The first-order chi connectivity index (χ1) is 17.4. The van der Waals surface area contributed by atoms with Crippen LogP contribution in [0.3, 0.4) is 0 Å². The normalized spacial score (nSPS) is 11.1. The molecule has 188 valence electrons. The van der Waals surface area contributed by atoms with Crippen LogP contribution >= 0.6 is 11.6 Å². The van der Waals surface area contributed by atoms with Gasteiger partial charge in [0.25, 0.3) is 0 Å². The van der Waals surface area contributed by atoms with E-state index in [0.29, 0.717) is 23.6 Å². The predicted molar refractivity (Wildman–Crippen MR) is 137 cm³/mol. The van der Waals surface area contributed by atoms with E-state index < -0.39 is 17.9 Å². The number of hydrogen-bond acceptors (Lipinski definition) is 6. The summed E-state index contributed by atoms with van der Waals surface area (Å²) >= 11 is 5.93. The zero-order chi connectivity index (χ0) is 25.8. The Morgan fingerprint density at radius 3 is 2.19 bits per heavy atom. The summed E-state index contributed by atoms with van der Waals surface area (Å²) in [5, 5.41) is 20.3. The SMILES string of the molecule is O=C([O-])CC(NC(=O)CNC(=O)CCCCNc1ccccn1)c1ccc(-c2ccc(Cl)cc2)cc1.[Na+]. The van der Waals surface area contributed by atoms with Crippen molar-refractivity contribution in [3.8, 4) is 11.1 Å².